The fourth-order valence-electron chi connectivity index (χ4n) is 4.12. The molecule has 2 heterocycles. The summed E-state index contributed by atoms with van der Waals surface area (Å²) in [6.07, 6.45) is 8.18. The average Bonchev–Trinajstić information content (AvgIpc) is 2.80. The second kappa shape index (κ2) is 9.56. The number of amides is 3. The van der Waals surface area contributed by atoms with Crippen LogP contribution in [-0.2, 0) is 17.6 Å². The predicted molar refractivity (Wildman–Crippen MR) is 116 cm³/mol. The summed E-state index contributed by atoms with van der Waals surface area (Å²) in [4.78, 5) is 37.2. The number of carbonyl (C=O) groups is 2. The lowest BCUT2D eigenvalue weighted by molar-refractivity contribution is -0.131. The first-order chi connectivity index (χ1) is 14.7. The van der Waals surface area contributed by atoms with Crippen LogP contribution >= 0.6 is 0 Å². The van der Waals surface area contributed by atoms with Gasteiger partial charge >= 0.3 is 6.03 Å². The number of urea groups is 1. The number of hydrogen-bond donors (Lipinski definition) is 2. The van der Waals surface area contributed by atoms with Crippen LogP contribution in [0.3, 0.4) is 0 Å². The highest BCUT2D eigenvalue weighted by molar-refractivity contribution is 5.90. The molecule has 158 valence electrons. The van der Waals surface area contributed by atoms with Crippen LogP contribution in [0.2, 0.25) is 0 Å². The van der Waals surface area contributed by atoms with Gasteiger partial charge in [-0.05, 0) is 48.9 Å². The van der Waals surface area contributed by atoms with Gasteiger partial charge in [0.1, 0.15) is 0 Å². The Morgan fingerprint density at radius 1 is 0.967 bits per heavy atom. The fraction of sp³-hybridized carbons (Fsp3) is 0.455. The van der Waals surface area contributed by atoms with E-state index in [2.05, 4.69) is 31.6 Å². The molecule has 30 heavy (non-hydrogen) atoms. The zero-order chi connectivity index (χ0) is 20.8. The van der Waals surface area contributed by atoms with E-state index in [4.69, 9.17) is 0 Å². The number of fused-ring (bicyclic) bond motifs is 1. The highest BCUT2D eigenvalue weighted by atomic mass is 16.2. The van der Waals surface area contributed by atoms with Crippen molar-refractivity contribution in [2.45, 2.75) is 32.1 Å². The molecule has 2 aromatic rings. The molecule has 1 fully saturated rings. The quantitative estimate of drug-likeness (QED) is 0.792. The summed E-state index contributed by atoms with van der Waals surface area (Å²) in [5, 5.41) is 5.77. The minimum Gasteiger partial charge on any atom is -0.339 e. The van der Waals surface area contributed by atoms with E-state index in [1.165, 1.54) is 17.5 Å². The maximum atomic E-state index is 12.5. The molecule has 1 aliphatic heterocycles. The maximum Gasteiger partial charge on any atom is 0.319 e. The molecule has 3 amide bonds. The van der Waals surface area contributed by atoms with Crippen molar-refractivity contribution in [2.75, 3.05) is 42.9 Å². The van der Waals surface area contributed by atoms with Crippen LogP contribution in [0, 0.1) is 0 Å². The molecule has 1 saturated heterocycles. The summed E-state index contributed by atoms with van der Waals surface area (Å²) >= 11 is 0. The third kappa shape index (κ3) is 4.87. The summed E-state index contributed by atoms with van der Waals surface area (Å²) in [5.41, 5.74) is 3.46. The number of nitrogens with one attached hydrogen (secondary N) is 2. The number of hydrogen-bond acceptors (Lipinski definition) is 5. The predicted octanol–water partition coefficient (Wildman–Crippen LogP) is 2.22. The van der Waals surface area contributed by atoms with Gasteiger partial charge in [-0.15, -0.1) is 0 Å². The van der Waals surface area contributed by atoms with E-state index in [1.807, 2.05) is 17.0 Å². The van der Waals surface area contributed by atoms with Crippen molar-refractivity contribution in [2.24, 2.45) is 0 Å². The van der Waals surface area contributed by atoms with Gasteiger partial charge in [0.15, 0.2) is 0 Å². The number of aromatic nitrogens is 2. The Hall–Kier alpha value is -3.16. The SMILES string of the molecule is O=C(NCCC(=O)N1CCN(c2ncccn2)CC1)Nc1cccc2c1CCCC2. The zero-order valence-electron chi connectivity index (χ0n) is 17.1. The summed E-state index contributed by atoms with van der Waals surface area (Å²) in [5.74, 6) is 0.757. The van der Waals surface area contributed by atoms with Crippen molar-refractivity contribution < 1.29 is 9.59 Å². The minimum atomic E-state index is -0.257. The van der Waals surface area contributed by atoms with Crippen molar-refractivity contribution in [3.05, 3.63) is 47.8 Å². The Morgan fingerprint density at radius 2 is 1.73 bits per heavy atom. The molecular weight excluding hydrogens is 380 g/mol. The lowest BCUT2D eigenvalue weighted by Crippen LogP contribution is -2.49. The number of anilines is 2. The molecule has 0 atom stereocenters. The molecule has 0 radical (unpaired) electrons. The Labute approximate surface area is 176 Å². The summed E-state index contributed by atoms with van der Waals surface area (Å²) in [6.45, 7) is 3.02. The van der Waals surface area contributed by atoms with Gasteiger partial charge in [0, 0.05) is 57.2 Å². The van der Waals surface area contributed by atoms with Crippen molar-refractivity contribution >= 4 is 23.6 Å². The van der Waals surface area contributed by atoms with E-state index in [-0.39, 0.29) is 11.9 Å². The average molecular weight is 409 g/mol. The van der Waals surface area contributed by atoms with Crippen LogP contribution in [-0.4, -0.2) is 59.5 Å². The van der Waals surface area contributed by atoms with Crippen LogP contribution in [0.5, 0.6) is 0 Å². The molecule has 2 N–H and O–H groups in total. The van der Waals surface area contributed by atoms with Crippen molar-refractivity contribution in [3.63, 3.8) is 0 Å². The third-order valence-corrected chi connectivity index (χ3v) is 5.74. The molecule has 8 nitrogen and oxygen atoms in total. The maximum absolute atomic E-state index is 12.5. The Bertz CT molecular complexity index is 880. The molecule has 1 aromatic heterocycles. The molecule has 2 aliphatic rings. The number of aryl methyl sites for hydroxylation is 1. The lowest BCUT2D eigenvalue weighted by Gasteiger charge is -2.34. The summed E-state index contributed by atoms with van der Waals surface area (Å²) in [7, 11) is 0. The highest BCUT2D eigenvalue weighted by Crippen LogP contribution is 2.27. The minimum absolute atomic E-state index is 0.0565. The van der Waals surface area contributed by atoms with Gasteiger partial charge in [0.2, 0.25) is 11.9 Å². The normalized spacial score (nSPS) is 16.0. The first-order valence-electron chi connectivity index (χ1n) is 10.7. The molecule has 0 bridgehead atoms. The molecule has 0 saturated carbocycles. The molecular formula is C22H28N6O2. The van der Waals surface area contributed by atoms with Crippen LogP contribution in [0.25, 0.3) is 0 Å². The van der Waals surface area contributed by atoms with E-state index >= 15 is 0 Å². The monoisotopic (exact) mass is 408 g/mol. The van der Waals surface area contributed by atoms with Crippen LogP contribution < -0.4 is 15.5 Å². The Balaban J connectivity index is 1.19. The van der Waals surface area contributed by atoms with Gasteiger partial charge < -0.3 is 20.4 Å². The first-order valence-corrected chi connectivity index (χ1v) is 10.7. The topological polar surface area (TPSA) is 90.5 Å². The van der Waals surface area contributed by atoms with E-state index in [0.717, 1.165) is 24.9 Å². The Kier molecular flexibility index (Phi) is 6.41. The number of piperazine rings is 1. The van der Waals surface area contributed by atoms with E-state index < -0.39 is 0 Å². The van der Waals surface area contributed by atoms with Gasteiger partial charge in [-0.3, -0.25) is 4.79 Å². The largest absolute Gasteiger partial charge is 0.339 e. The lowest BCUT2D eigenvalue weighted by atomic mass is 9.90. The standard InChI is InChI=1S/C22H28N6O2/c29-20(27-13-15-28(16-14-27)21-23-10-4-11-24-21)9-12-25-22(30)26-19-8-3-6-17-5-1-2-7-18(17)19/h3-4,6,8,10-11H,1-2,5,7,9,12-16H2,(H2,25,26,30). The highest BCUT2D eigenvalue weighted by Gasteiger charge is 2.22. The van der Waals surface area contributed by atoms with Gasteiger partial charge in [-0.2, -0.15) is 0 Å². The first kappa shape index (κ1) is 20.1. The number of rotatable bonds is 5. The molecule has 8 heteroatoms. The Morgan fingerprint density at radius 3 is 2.53 bits per heavy atom. The summed E-state index contributed by atoms with van der Waals surface area (Å²) in [6, 6.07) is 7.61. The van der Waals surface area contributed by atoms with Gasteiger partial charge in [-0.1, -0.05) is 12.1 Å². The molecule has 0 spiro atoms. The molecule has 0 unspecified atom stereocenters. The summed E-state index contributed by atoms with van der Waals surface area (Å²) < 4.78 is 0. The van der Waals surface area contributed by atoms with E-state index in [0.29, 0.717) is 45.1 Å². The zero-order valence-corrected chi connectivity index (χ0v) is 17.1. The fourth-order valence-corrected chi connectivity index (χ4v) is 4.12. The van der Waals surface area contributed by atoms with Crippen molar-refractivity contribution in [3.8, 4) is 0 Å². The van der Waals surface area contributed by atoms with Crippen LogP contribution in [0.15, 0.2) is 36.7 Å². The number of benzene rings is 1. The van der Waals surface area contributed by atoms with Gasteiger partial charge in [0.25, 0.3) is 0 Å². The second-order valence-electron chi connectivity index (χ2n) is 7.70. The smallest absolute Gasteiger partial charge is 0.319 e. The van der Waals surface area contributed by atoms with Crippen LogP contribution in [0.1, 0.15) is 30.4 Å². The van der Waals surface area contributed by atoms with E-state index in [9.17, 15) is 9.59 Å². The van der Waals surface area contributed by atoms with Gasteiger partial charge in [0.05, 0.1) is 0 Å². The third-order valence-electron chi connectivity index (χ3n) is 5.74. The van der Waals surface area contributed by atoms with Crippen molar-refractivity contribution in [1.82, 2.24) is 20.2 Å². The number of carbonyl (C=O) groups excluding carboxylic acids is 2. The second-order valence-corrected chi connectivity index (χ2v) is 7.70. The number of nitrogens with zero attached hydrogens (tertiary/aromatic N) is 4. The van der Waals surface area contributed by atoms with Gasteiger partial charge in [-0.25, -0.2) is 14.8 Å². The van der Waals surface area contributed by atoms with Crippen molar-refractivity contribution in [1.29, 1.82) is 0 Å². The van der Waals surface area contributed by atoms with E-state index in [1.54, 1.807) is 18.5 Å². The van der Waals surface area contributed by atoms with Crippen LogP contribution in [0.4, 0.5) is 16.4 Å². The molecule has 1 aliphatic carbocycles. The molecule has 4 rings (SSSR count). The molecule has 1 aromatic carbocycles.